The summed E-state index contributed by atoms with van der Waals surface area (Å²) in [5, 5.41) is 3.79. The maximum atomic E-state index is 12.7. The van der Waals surface area contributed by atoms with E-state index in [2.05, 4.69) is 9.88 Å². The Labute approximate surface area is 151 Å². The van der Waals surface area contributed by atoms with Crippen molar-refractivity contribution in [2.75, 3.05) is 6.26 Å². The van der Waals surface area contributed by atoms with Crippen LogP contribution >= 0.6 is 0 Å². The lowest BCUT2D eigenvalue weighted by molar-refractivity contribution is 0.0945. The van der Waals surface area contributed by atoms with Gasteiger partial charge in [-0.05, 0) is 43.7 Å². The molecule has 0 atom stereocenters. The summed E-state index contributed by atoms with van der Waals surface area (Å²) in [6.07, 6.45) is 5.49. The molecule has 2 fully saturated rings. The van der Waals surface area contributed by atoms with Gasteiger partial charge in [0.1, 0.15) is 5.69 Å². The van der Waals surface area contributed by atoms with Gasteiger partial charge in [-0.3, -0.25) is 4.79 Å². The topological polar surface area (TPSA) is 73.1 Å². The molecule has 2 aliphatic rings. The first-order valence-electron chi connectivity index (χ1n) is 9.07. The predicted molar refractivity (Wildman–Crippen MR) is 101 cm³/mol. The molecule has 0 aliphatic heterocycles. The van der Waals surface area contributed by atoms with Crippen LogP contribution in [0, 0.1) is 5.92 Å². The van der Waals surface area contributed by atoms with E-state index in [9.17, 15) is 13.2 Å². The SMILES string of the molecule is CS(=O)(=O)n1c(C(=O)NC2CC2)cc2c1c1ccccc1n2CC1CC1. The third-order valence-corrected chi connectivity index (χ3v) is 6.34. The van der Waals surface area contributed by atoms with Crippen molar-refractivity contribution in [2.45, 2.75) is 38.3 Å². The number of benzene rings is 1. The zero-order chi connectivity index (χ0) is 18.1. The quantitative estimate of drug-likeness (QED) is 0.749. The molecule has 6 nitrogen and oxygen atoms in total. The van der Waals surface area contributed by atoms with E-state index in [1.807, 2.05) is 24.3 Å². The molecule has 136 valence electrons. The fourth-order valence-electron chi connectivity index (χ4n) is 3.72. The molecule has 2 saturated carbocycles. The molecule has 2 aliphatic carbocycles. The van der Waals surface area contributed by atoms with Crippen LogP contribution < -0.4 is 5.32 Å². The molecule has 1 amide bonds. The minimum absolute atomic E-state index is 0.176. The van der Waals surface area contributed by atoms with Gasteiger partial charge in [0, 0.05) is 18.0 Å². The number of carbonyl (C=O) groups is 1. The lowest BCUT2D eigenvalue weighted by Gasteiger charge is -2.09. The van der Waals surface area contributed by atoms with Crippen LogP contribution in [0.4, 0.5) is 0 Å². The number of aromatic nitrogens is 2. The number of hydrogen-bond donors (Lipinski definition) is 1. The molecule has 0 unspecified atom stereocenters. The van der Waals surface area contributed by atoms with Crippen molar-refractivity contribution in [1.29, 1.82) is 0 Å². The molecule has 2 aromatic heterocycles. The highest BCUT2D eigenvalue weighted by atomic mass is 32.2. The van der Waals surface area contributed by atoms with Gasteiger partial charge in [0.2, 0.25) is 10.0 Å². The van der Waals surface area contributed by atoms with Gasteiger partial charge in [-0.15, -0.1) is 0 Å². The first kappa shape index (κ1) is 15.9. The summed E-state index contributed by atoms with van der Waals surface area (Å²) in [6.45, 7) is 0.863. The lowest BCUT2D eigenvalue weighted by atomic mass is 10.2. The molecule has 0 saturated heterocycles. The zero-order valence-electron chi connectivity index (χ0n) is 14.6. The van der Waals surface area contributed by atoms with E-state index in [1.54, 1.807) is 6.07 Å². The monoisotopic (exact) mass is 371 g/mol. The van der Waals surface area contributed by atoms with Gasteiger partial charge >= 0.3 is 0 Å². The maximum absolute atomic E-state index is 12.7. The van der Waals surface area contributed by atoms with E-state index in [0.717, 1.165) is 42.1 Å². The Hall–Kier alpha value is -2.28. The third kappa shape index (κ3) is 2.53. The Balaban J connectivity index is 1.81. The number of para-hydroxylation sites is 1. The zero-order valence-corrected chi connectivity index (χ0v) is 15.4. The number of fused-ring (bicyclic) bond motifs is 3. The summed E-state index contributed by atoms with van der Waals surface area (Å²) in [5.41, 5.74) is 2.67. The van der Waals surface area contributed by atoms with Crippen LogP contribution in [0.3, 0.4) is 0 Å². The van der Waals surface area contributed by atoms with E-state index in [-0.39, 0.29) is 17.6 Å². The summed E-state index contributed by atoms with van der Waals surface area (Å²) in [6, 6.07) is 9.76. The van der Waals surface area contributed by atoms with Gasteiger partial charge in [0.05, 0.1) is 22.8 Å². The maximum Gasteiger partial charge on any atom is 0.269 e. The Bertz CT molecular complexity index is 1150. The highest BCUT2D eigenvalue weighted by Gasteiger charge is 2.31. The average molecular weight is 371 g/mol. The van der Waals surface area contributed by atoms with Crippen LogP contribution in [0.15, 0.2) is 30.3 Å². The summed E-state index contributed by atoms with van der Waals surface area (Å²) >= 11 is 0. The Morgan fingerprint density at radius 3 is 2.54 bits per heavy atom. The second-order valence-corrected chi connectivity index (χ2v) is 9.44. The molecular formula is C19H21N3O3S. The fourth-order valence-corrected chi connectivity index (χ4v) is 4.73. The number of amides is 1. The number of nitrogens with one attached hydrogen (secondary N) is 1. The highest BCUT2D eigenvalue weighted by Crippen LogP contribution is 2.37. The van der Waals surface area contributed by atoms with E-state index >= 15 is 0 Å². The molecule has 1 aromatic carbocycles. The van der Waals surface area contributed by atoms with Gasteiger partial charge in [-0.2, -0.15) is 0 Å². The molecule has 3 aromatic rings. The van der Waals surface area contributed by atoms with E-state index in [4.69, 9.17) is 0 Å². The van der Waals surface area contributed by atoms with Crippen molar-refractivity contribution in [1.82, 2.24) is 13.9 Å². The smallest absolute Gasteiger partial charge is 0.269 e. The summed E-state index contributed by atoms with van der Waals surface area (Å²) < 4.78 is 28.6. The molecule has 0 bridgehead atoms. The van der Waals surface area contributed by atoms with Crippen LogP contribution in [-0.4, -0.2) is 35.2 Å². The van der Waals surface area contributed by atoms with Crippen LogP contribution in [0.2, 0.25) is 0 Å². The number of carbonyl (C=O) groups excluding carboxylic acids is 1. The third-order valence-electron chi connectivity index (χ3n) is 5.29. The minimum Gasteiger partial charge on any atom is -0.348 e. The van der Waals surface area contributed by atoms with Gasteiger partial charge in [-0.25, -0.2) is 12.4 Å². The van der Waals surface area contributed by atoms with Gasteiger partial charge < -0.3 is 9.88 Å². The van der Waals surface area contributed by atoms with Gasteiger partial charge in [0.25, 0.3) is 5.91 Å². The van der Waals surface area contributed by atoms with Crippen LogP contribution in [0.5, 0.6) is 0 Å². The summed E-state index contributed by atoms with van der Waals surface area (Å²) in [4.78, 5) is 12.7. The Morgan fingerprint density at radius 1 is 1.15 bits per heavy atom. The minimum atomic E-state index is -3.63. The number of hydrogen-bond acceptors (Lipinski definition) is 3. The van der Waals surface area contributed by atoms with Crippen LogP contribution in [0.25, 0.3) is 21.9 Å². The van der Waals surface area contributed by atoms with Crippen LogP contribution in [0.1, 0.15) is 36.2 Å². The van der Waals surface area contributed by atoms with Crippen molar-refractivity contribution in [3.63, 3.8) is 0 Å². The average Bonchev–Trinajstić information content (AvgIpc) is 3.50. The Kier molecular flexibility index (Phi) is 3.28. The standard InChI is InChI=1S/C19H21N3O3S/c1-26(24,25)22-17(19(23)20-13-8-9-13)10-16-18(22)14-4-2-3-5-15(14)21(16)11-12-6-7-12/h2-5,10,12-13H,6-9,11H2,1H3,(H,20,23). The van der Waals surface area contributed by atoms with Crippen molar-refractivity contribution in [3.05, 3.63) is 36.0 Å². The summed E-state index contributed by atoms with van der Waals surface area (Å²) in [7, 11) is -3.63. The second-order valence-electron chi connectivity index (χ2n) is 7.61. The molecular weight excluding hydrogens is 350 g/mol. The molecule has 7 heteroatoms. The van der Waals surface area contributed by atoms with Gasteiger partial charge in [-0.1, -0.05) is 18.2 Å². The van der Waals surface area contributed by atoms with Crippen LogP contribution in [-0.2, 0) is 16.6 Å². The fraction of sp³-hybridized carbons (Fsp3) is 0.421. The van der Waals surface area contributed by atoms with Crippen molar-refractivity contribution in [2.24, 2.45) is 5.92 Å². The molecule has 0 spiro atoms. The summed E-state index contributed by atoms with van der Waals surface area (Å²) in [5.74, 6) is 0.329. The molecule has 2 heterocycles. The number of rotatable bonds is 5. The van der Waals surface area contributed by atoms with E-state index in [1.165, 1.54) is 16.8 Å². The van der Waals surface area contributed by atoms with Gasteiger partial charge in [0.15, 0.2) is 0 Å². The van der Waals surface area contributed by atoms with E-state index < -0.39 is 10.0 Å². The normalized spacial score (nSPS) is 17.9. The van der Waals surface area contributed by atoms with Crippen molar-refractivity contribution >= 4 is 37.9 Å². The molecule has 0 radical (unpaired) electrons. The number of nitrogens with zero attached hydrogens (tertiary/aromatic N) is 2. The molecule has 5 rings (SSSR count). The second kappa shape index (κ2) is 5.36. The highest BCUT2D eigenvalue weighted by molar-refractivity contribution is 7.89. The van der Waals surface area contributed by atoms with E-state index in [0.29, 0.717) is 11.4 Å². The largest absolute Gasteiger partial charge is 0.348 e. The Morgan fingerprint density at radius 2 is 1.88 bits per heavy atom. The first-order chi connectivity index (χ1) is 12.4. The predicted octanol–water partition coefficient (Wildman–Crippen LogP) is 2.71. The van der Waals surface area contributed by atoms with Crippen molar-refractivity contribution < 1.29 is 13.2 Å². The van der Waals surface area contributed by atoms with Crippen molar-refractivity contribution in [3.8, 4) is 0 Å². The lowest BCUT2D eigenvalue weighted by Crippen LogP contribution is -2.29. The first-order valence-corrected chi connectivity index (χ1v) is 10.9. The molecule has 1 N–H and O–H groups in total. The molecule has 26 heavy (non-hydrogen) atoms.